The van der Waals surface area contributed by atoms with E-state index in [1.807, 2.05) is 0 Å². The first kappa shape index (κ1) is 16.9. The van der Waals surface area contributed by atoms with E-state index in [0.717, 1.165) is 0 Å². The maximum Gasteiger partial charge on any atom is 0.158 e. The smallest absolute Gasteiger partial charge is 0.0645 e. The van der Waals surface area contributed by atoms with Gasteiger partial charge in [-0.15, -0.1) is 0 Å². The summed E-state index contributed by atoms with van der Waals surface area (Å²) in [5, 5.41) is 0. The van der Waals surface area contributed by atoms with Crippen LogP contribution in [0.25, 0.3) is 0 Å². The molecule has 0 spiro atoms. The van der Waals surface area contributed by atoms with Crippen LogP contribution in [0, 0.1) is 10.8 Å². The van der Waals surface area contributed by atoms with E-state index in [9.17, 15) is 0 Å². The highest BCUT2D eigenvalue weighted by molar-refractivity contribution is 7.97. The fourth-order valence-corrected chi connectivity index (χ4v) is 6.73. The van der Waals surface area contributed by atoms with Crippen LogP contribution in [0.15, 0.2) is 29.2 Å². The van der Waals surface area contributed by atoms with Crippen molar-refractivity contribution in [1.82, 2.24) is 0 Å². The molecule has 2 unspecified atom stereocenters. The molecule has 0 saturated heterocycles. The average Bonchev–Trinajstić information content (AvgIpc) is 2.46. The van der Waals surface area contributed by atoms with Crippen LogP contribution in [0.4, 0.5) is 0 Å². The number of rotatable bonds is 1. The van der Waals surface area contributed by atoms with Gasteiger partial charge < -0.3 is 0 Å². The first-order valence-corrected chi connectivity index (χ1v) is 9.84. The fraction of sp³-hybridized carbons (Fsp3) is 0.700. The van der Waals surface area contributed by atoms with E-state index >= 15 is 0 Å². The lowest BCUT2D eigenvalue weighted by atomic mass is 9.48. The van der Waals surface area contributed by atoms with E-state index in [0.29, 0.717) is 0 Å². The summed E-state index contributed by atoms with van der Waals surface area (Å²) in [5.74, 6) is 0. The van der Waals surface area contributed by atoms with Gasteiger partial charge in [0.15, 0.2) is 4.90 Å². The molecule has 0 fully saturated rings. The maximum atomic E-state index is 2.50. The van der Waals surface area contributed by atoms with Crippen molar-refractivity contribution in [2.45, 2.75) is 76.9 Å². The molecule has 1 heteroatoms. The lowest BCUT2D eigenvalue weighted by molar-refractivity contribution is -0.00319. The summed E-state index contributed by atoms with van der Waals surface area (Å²) in [4.78, 5) is 1.59. The average molecular weight is 306 g/mol. The van der Waals surface area contributed by atoms with Crippen LogP contribution in [0.2, 0.25) is 0 Å². The molecule has 0 aliphatic carbocycles. The van der Waals surface area contributed by atoms with E-state index < -0.39 is 0 Å². The second-order valence-corrected chi connectivity index (χ2v) is 10.9. The largest absolute Gasteiger partial charge is 0.158 e. The van der Waals surface area contributed by atoms with E-state index in [1.54, 1.807) is 10.5 Å². The number of hydrogen-bond acceptors (Lipinski definition) is 0. The molecular weight excluding hydrogens is 272 g/mol. The molecule has 1 aromatic rings. The molecule has 118 valence electrons. The van der Waals surface area contributed by atoms with E-state index in [2.05, 4.69) is 85.9 Å². The molecule has 0 amide bonds. The molecular formula is C20H33S+. The molecule has 0 radical (unpaired) electrons. The Kier molecular flexibility index (Phi) is 3.86. The normalized spacial score (nSPS) is 33.1. The SMILES string of the molecule is CCC1(C)c2ccccc2[S+](C)C(C)(C)C(C)(C)C1(C)C. The van der Waals surface area contributed by atoms with Crippen LogP contribution < -0.4 is 0 Å². The van der Waals surface area contributed by atoms with Crippen LogP contribution in [-0.4, -0.2) is 11.0 Å². The number of benzene rings is 1. The molecule has 0 saturated carbocycles. The Bertz CT molecular complexity index is 539. The van der Waals surface area contributed by atoms with Gasteiger partial charge in [-0.25, -0.2) is 0 Å². The van der Waals surface area contributed by atoms with Gasteiger partial charge in [0.25, 0.3) is 0 Å². The number of fused-ring (bicyclic) bond motifs is 1. The highest BCUT2D eigenvalue weighted by atomic mass is 32.2. The Balaban J connectivity index is 2.90. The summed E-state index contributed by atoms with van der Waals surface area (Å²) in [6.45, 7) is 19.8. The monoisotopic (exact) mass is 305 g/mol. The topological polar surface area (TPSA) is 0 Å². The highest BCUT2D eigenvalue weighted by Crippen LogP contribution is 2.63. The maximum absolute atomic E-state index is 2.50. The molecule has 1 aliphatic rings. The Morgan fingerprint density at radius 2 is 1.38 bits per heavy atom. The van der Waals surface area contributed by atoms with Crippen molar-refractivity contribution in [3.8, 4) is 0 Å². The van der Waals surface area contributed by atoms with Crippen molar-refractivity contribution < 1.29 is 0 Å². The van der Waals surface area contributed by atoms with Crippen LogP contribution in [0.5, 0.6) is 0 Å². The molecule has 1 aliphatic heterocycles. The minimum absolute atomic E-state index is 0.210. The number of hydrogen-bond donors (Lipinski definition) is 0. The van der Waals surface area contributed by atoms with Gasteiger partial charge in [-0.05, 0) is 31.7 Å². The molecule has 2 rings (SSSR count). The summed E-state index contributed by atoms with van der Waals surface area (Å²) in [6, 6.07) is 9.22. The van der Waals surface area contributed by atoms with E-state index in [1.165, 1.54) is 6.42 Å². The van der Waals surface area contributed by atoms with Crippen molar-refractivity contribution in [2.24, 2.45) is 10.8 Å². The van der Waals surface area contributed by atoms with Crippen molar-refractivity contribution >= 4 is 10.9 Å². The van der Waals surface area contributed by atoms with Gasteiger partial charge in [0.05, 0.1) is 0 Å². The minimum Gasteiger partial charge on any atom is -0.0645 e. The molecule has 0 bridgehead atoms. The molecule has 2 atom stereocenters. The van der Waals surface area contributed by atoms with Crippen LogP contribution in [0.3, 0.4) is 0 Å². The van der Waals surface area contributed by atoms with E-state index in [-0.39, 0.29) is 31.9 Å². The zero-order valence-corrected chi connectivity index (χ0v) is 16.2. The standard InChI is InChI=1S/C20H33S/c1-10-20(8)15-13-11-12-14-16(15)21(9)19(6,7)17(2,3)18(20,4)5/h11-14H,10H2,1-9H3/q+1. The first-order chi connectivity index (χ1) is 9.45. The zero-order chi connectivity index (χ0) is 16.3. The lowest BCUT2D eigenvalue weighted by Crippen LogP contribution is -2.57. The van der Waals surface area contributed by atoms with Crippen molar-refractivity contribution in [3.63, 3.8) is 0 Å². The Labute approximate surface area is 135 Å². The first-order valence-electron chi connectivity index (χ1n) is 8.20. The van der Waals surface area contributed by atoms with Crippen molar-refractivity contribution in [3.05, 3.63) is 29.8 Å². The molecule has 0 nitrogen and oxygen atoms in total. The minimum atomic E-state index is 0.210. The molecule has 0 N–H and O–H groups in total. The van der Waals surface area contributed by atoms with Crippen molar-refractivity contribution in [2.75, 3.05) is 6.26 Å². The predicted octanol–water partition coefficient (Wildman–Crippen LogP) is 5.81. The summed E-state index contributed by atoms with van der Waals surface area (Å²) in [7, 11) is 0.243. The van der Waals surface area contributed by atoms with Gasteiger partial charge in [-0.1, -0.05) is 59.7 Å². The molecule has 1 aromatic carbocycles. The van der Waals surface area contributed by atoms with Gasteiger partial charge in [0.1, 0.15) is 11.0 Å². The second kappa shape index (κ2) is 4.78. The molecule has 0 aromatic heterocycles. The summed E-state index contributed by atoms with van der Waals surface area (Å²) in [6.07, 6.45) is 3.64. The van der Waals surface area contributed by atoms with Crippen LogP contribution in [-0.2, 0) is 16.3 Å². The fourth-order valence-electron chi connectivity index (χ4n) is 4.26. The third-order valence-electron chi connectivity index (χ3n) is 7.73. The zero-order valence-electron chi connectivity index (χ0n) is 15.4. The highest BCUT2D eigenvalue weighted by Gasteiger charge is 2.65. The Hall–Kier alpha value is -0.430. The van der Waals surface area contributed by atoms with Gasteiger partial charge in [0.2, 0.25) is 0 Å². The van der Waals surface area contributed by atoms with E-state index in [4.69, 9.17) is 0 Å². The van der Waals surface area contributed by atoms with Gasteiger partial charge in [0, 0.05) is 27.3 Å². The Morgan fingerprint density at radius 1 is 0.857 bits per heavy atom. The third kappa shape index (κ3) is 1.89. The summed E-state index contributed by atoms with van der Waals surface area (Å²) < 4.78 is 0.277. The van der Waals surface area contributed by atoms with Crippen LogP contribution >= 0.6 is 0 Å². The molecule has 21 heavy (non-hydrogen) atoms. The Morgan fingerprint density at radius 3 is 1.90 bits per heavy atom. The van der Waals surface area contributed by atoms with Crippen molar-refractivity contribution in [1.29, 1.82) is 0 Å². The van der Waals surface area contributed by atoms with Gasteiger partial charge >= 0.3 is 0 Å². The second-order valence-electron chi connectivity index (χ2n) is 8.45. The summed E-state index contributed by atoms with van der Waals surface area (Å²) in [5.41, 5.74) is 2.28. The molecule has 1 heterocycles. The summed E-state index contributed by atoms with van der Waals surface area (Å²) >= 11 is 0. The lowest BCUT2D eigenvalue weighted by Gasteiger charge is -2.55. The quantitative estimate of drug-likeness (QED) is 0.575. The van der Waals surface area contributed by atoms with Gasteiger partial charge in [-0.2, -0.15) is 0 Å². The van der Waals surface area contributed by atoms with Crippen LogP contribution in [0.1, 0.15) is 67.4 Å². The van der Waals surface area contributed by atoms with Gasteiger partial charge in [-0.3, -0.25) is 0 Å². The predicted molar refractivity (Wildman–Crippen MR) is 97.3 cm³/mol. The third-order valence-corrected chi connectivity index (χ3v) is 10.8.